The summed E-state index contributed by atoms with van der Waals surface area (Å²) < 4.78 is 14.3. The Morgan fingerprint density at radius 3 is 2.03 bits per heavy atom. The number of primary amides is 1. The summed E-state index contributed by atoms with van der Waals surface area (Å²) in [6.07, 6.45) is 3.81. The fourth-order valence-electron chi connectivity index (χ4n) is 11.6. The maximum Gasteiger partial charge on any atom is 0.305 e. The monoisotopic (exact) mass is 1360 g/mol. The molecule has 28 heteroatoms. The molecule has 10 amide bonds. The average Bonchev–Trinajstić information content (AvgIpc) is 1.16. The number of hydrogen-bond donors (Lipinski definition) is 11. The highest BCUT2D eigenvalue weighted by Crippen LogP contribution is 2.25. The van der Waals surface area contributed by atoms with E-state index in [1.807, 2.05) is 45.0 Å². The Bertz CT molecular complexity index is 3510. The van der Waals surface area contributed by atoms with Crippen molar-refractivity contribution in [3.63, 3.8) is 0 Å². The predicted octanol–water partition coefficient (Wildman–Crippen LogP) is 2.18. The summed E-state index contributed by atoms with van der Waals surface area (Å²) in [7, 11) is 2.82. The minimum absolute atomic E-state index is 0.0217. The number of nitrogens with zero attached hydrogens (tertiary/aromatic N) is 3. The predicted molar refractivity (Wildman–Crippen MR) is 361 cm³/mol. The zero-order valence-corrected chi connectivity index (χ0v) is 55.9. The molecule has 12 N–H and O–H groups in total. The average molecular weight is 1360 g/mol. The number of thioether (sulfide) groups is 1. The maximum atomic E-state index is 15.2. The number of aromatic hydroxyl groups is 1. The number of carbonyl (C=O) groups excluding carboxylic acids is 11. The Morgan fingerprint density at radius 1 is 0.742 bits per heavy atom. The first kappa shape index (κ1) is 76.3. The largest absolute Gasteiger partial charge is 0.508 e. The molecule has 1 aromatic heterocycles. The molecule has 1 fully saturated rings. The number of aliphatic carboxylic acids is 1. The third-order valence-corrected chi connectivity index (χ3v) is 17.7. The number of benzene rings is 4. The SMILES string of the molecule is CCCC[C@@H](C(=O)N1CCC[C@@H]1C(=O)N[C@H](C=O)CC(=O)O)N(C)C(=O)[C@H](Cc1ccccc1)N(C)C(=O)[C@H](Cc1ccc(F)cc1)NC(=O)CSC[C@H](NC[C@H](CC(C)C)NC(=O)[C@H](Cc1ccc(O)cc1)NC(=O)[C@H](Cc1c[nH]c2ccccc12)NC=O)C(=O)NCC(N)=O. The number of aldehydes is 1. The number of nitrogens with two attached hydrogens (primary N) is 1. The van der Waals surface area contributed by atoms with Crippen LogP contribution in [-0.4, -0.2) is 201 Å². The van der Waals surface area contributed by atoms with Gasteiger partial charge in [-0.15, -0.1) is 11.8 Å². The minimum atomic E-state index is -1.39. The molecule has 1 aliphatic heterocycles. The summed E-state index contributed by atoms with van der Waals surface area (Å²) in [5.74, 6) is -8.56. The number of unbranched alkanes of at least 4 members (excludes halogenated alkanes) is 1. The van der Waals surface area contributed by atoms with Gasteiger partial charge >= 0.3 is 5.97 Å². The van der Waals surface area contributed by atoms with Crippen LogP contribution < -0.4 is 43.0 Å². The third-order valence-electron chi connectivity index (χ3n) is 16.7. The van der Waals surface area contributed by atoms with Crippen molar-refractivity contribution in [2.45, 2.75) is 146 Å². The van der Waals surface area contributed by atoms with Crippen LogP contribution in [0.15, 0.2) is 109 Å². The summed E-state index contributed by atoms with van der Waals surface area (Å²) in [4.78, 5) is 169. The van der Waals surface area contributed by atoms with Crippen LogP contribution in [0.4, 0.5) is 4.39 Å². The molecule has 522 valence electrons. The molecule has 0 bridgehead atoms. The van der Waals surface area contributed by atoms with E-state index in [1.54, 1.807) is 48.7 Å². The van der Waals surface area contributed by atoms with Crippen molar-refractivity contribution in [3.05, 3.63) is 137 Å². The molecule has 2 heterocycles. The molecule has 0 spiro atoms. The molecule has 6 rings (SSSR count). The molecular formula is C69H89FN12O14S. The van der Waals surface area contributed by atoms with Crippen LogP contribution in [0.3, 0.4) is 0 Å². The molecule has 0 radical (unpaired) electrons. The van der Waals surface area contributed by atoms with Gasteiger partial charge in [0.2, 0.25) is 59.6 Å². The summed E-state index contributed by atoms with van der Waals surface area (Å²) in [5.41, 5.74) is 8.64. The number of carbonyl (C=O) groups is 12. The molecule has 26 nitrogen and oxygen atoms in total. The Morgan fingerprint density at radius 2 is 1.38 bits per heavy atom. The number of likely N-dealkylation sites (N-methyl/N-ethyl adjacent to an activating group) is 2. The smallest absolute Gasteiger partial charge is 0.305 e. The first-order valence-electron chi connectivity index (χ1n) is 32.3. The van der Waals surface area contributed by atoms with Gasteiger partial charge in [-0.2, -0.15) is 0 Å². The molecule has 9 atom stereocenters. The van der Waals surface area contributed by atoms with Gasteiger partial charge in [0, 0.05) is 81.8 Å². The Labute approximate surface area is 566 Å². The van der Waals surface area contributed by atoms with Gasteiger partial charge in [-0.1, -0.05) is 106 Å². The highest BCUT2D eigenvalue weighted by molar-refractivity contribution is 8.00. The molecule has 0 saturated carbocycles. The molecule has 5 aromatic rings. The number of amides is 10. The number of carboxylic acids is 1. The van der Waals surface area contributed by atoms with E-state index in [-0.39, 0.29) is 74.8 Å². The van der Waals surface area contributed by atoms with Gasteiger partial charge in [-0.05, 0) is 84.2 Å². The Hall–Kier alpha value is -9.70. The lowest BCUT2D eigenvalue weighted by molar-refractivity contribution is -0.152. The first-order chi connectivity index (χ1) is 46.4. The third kappa shape index (κ3) is 23.6. The van der Waals surface area contributed by atoms with Gasteiger partial charge in [0.25, 0.3) is 0 Å². The van der Waals surface area contributed by atoms with Crippen LogP contribution in [-0.2, 0) is 83.2 Å². The van der Waals surface area contributed by atoms with E-state index in [9.17, 15) is 62.5 Å². The zero-order valence-electron chi connectivity index (χ0n) is 55.1. The summed E-state index contributed by atoms with van der Waals surface area (Å²) in [6, 6.07) is 17.2. The van der Waals surface area contributed by atoms with Crippen LogP contribution in [0.25, 0.3) is 10.9 Å². The van der Waals surface area contributed by atoms with Gasteiger partial charge in [-0.25, -0.2) is 4.39 Å². The van der Waals surface area contributed by atoms with Crippen molar-refractivity contribution < 1.29 is 72.1 Å². The number of halogens is 1. The fourth-order valence-corrected chi connectivity index (χ4v) is 12.5. The molecular weight excluding hydrogens is 1270 g/mol. The highest BCUT2D eigenvalue weighted by Gasteiger charge is 2.43. The number of fused-ring (bicyclic) bond motifs is 1. The lowest BCUT2D eigenvalue weighted by Crippen LogP contribution is -2.59. The van der Waals surface area contributed by atoms with Crippen LogP contribution in [0, 0.1) is 11.7 Å². The van der Waals surface area contributed by atoms with Crippen molar-refractivity contribution in [3.8, 4) is 5.75 Å². The number of likely N-dealkylation sites (tertiary alicyclic amines) is 1. The number of H-pyrrole nitrogens is 1. The van der Waals surface area contributed by atoms with Gasteiger partial charge in [0.05, 0.1) is 30.8 Å². The molecule has 1 saturated heterocycles. The summed E-state index contributed by atoms with van der Waals surface area (Å²) in [5, 5.41) is 39.5. The number of hydrogen-bond acceptors (Lipinski definition) is 15. The van der Waals surface area contributed by atoms with E-state index in [1.165, 1.54) is 65.2 Å². The lowest BCUT2D eigenvalue weighted by atomic mass is 9.99. The van der Waals surface area contributed by atoms with Crippen LogP contribution in [0.5, 0.6) is 5.75 Å². The quantitative estimate of drug-likeness (QED) is 0.0250. The van der Waals surface area contributed by atoms with Gasteiger partial charge in [0.15, 0.2) is 0 Å². The topological polar surface area (TPSA) is 381 Å². The normalized spacial score (nSPS) is 15.2. The summed E-state index contributed by atoms with van der Waals surface area (Å²) in [6.45, 7) is 5.27. The van der Waals surface area contributed by atoms with Crippen molar-refractivity contribution in [1.82, 2.24) is 56.9 Å². The van der Waals surface area contributed by atoms with E-state index in [2.05, 4.69) is 42.2 Å². The second-order valence-corrected chi connectivity index (χ2v) is 25.6. The molecule has 0 unspecified atom stereocenters. The van der Waals surface area contributed by atoms with Crippen LogP contribution in [0.2, 0.25) is 0 Å². The highest BCUT2D eigenvalue weighted by atomic mass is 32.2. The molecule has 0 aliphatic carbocycles. The van der Waals surface area contributed by atoms with Crippen LogP contribution >= 0.6 is 11.8 Å². The zero-order chi connectivity index (χ0) is 70.7. The van der Waals surface area contributed by atoms with Crippen LogP contribution in [0.1, 0.15) is 88.0 Å². The van der Waals surface area contributed by atoms with Crippen molar-refractivity contribution in [2.24, 2.45) is 11.7 Å². The fraction of sp³-hybridized carbons (Fsp3) is 0.449. The van der Waals surface area contributed by atoms with E-state index < -0.39 is 132 Å². The molecule has 1 aliphatic rings. The first-order valence-corrected chi connectivity index (χ1v) is 33.4. The Balaban J connectivity index is 1.20. The maximum absolute atomic E-state index is 15.2. The van der Waals surface area contributed by atoms with E-state index >= 15 is 9.59 Å². The number of phenolic OH excluding ortho intramolecular Hbond substituents is 1. The van der Waals surface area contributed by atoms with Gasteiger partial charge < -0.3 is 77.6 Å². The summed E-state index contributed by atoms with van der Waals surface area (Å²) >= 11 is 0.979. The number of aromatic amines is 1. The Kier molecular flexibility index (Phi) is 30.0. The van der Waals surface area contributed by atoms with E-state index in [0.29, 0.717) is 55.1 Å². The van der Waals surface area contributed by atoms with Crippen molar-refractivity contribution in [2.75, 3.05) is 45.2 Å². The van der Waals surface area contributed by atoms with E-state index in [4.69, 9.17) is 5.73 Å². The number of para-hydroxylation sites is 1. The van der Waals surface area contributed by atoms with E-state index in [0.717, 1.165) is 28.2 Å². The standard InChI is InChI=1S/C69H89FN12O14S/c1-6-7-18-58(69(96)82-28-13-19-57(82)66(93)77-49(38-83)34-62(88)89)80(4)68(95)59(32-43-14-9-8-10-15-43)81(5)67(94)55(31-44-20-24-47(70)25-21-44)78-61(87)40-97-39-56(63(90)74-37-60(71)86)73-36-48(29-42(2)3)76-65(92)54(30-45-22-26-50(85)27-23-45)79-64(91)53(75-41-84)33-46-35-72-52-17-12-11-16-51(46)52/h8-12,14-17,20-27,35,38,41-42,48-49,53-59,72-73,85H,6-7,13,18-19,28-34,36-37,39-40H2,1-5H3,(H2,71,86)(H,74,90)(H,75,84)(H,76,92)(H,77,93)(H,78,87)(H,79,91)(H,88,89)/t48-,49-,53-,54-,55-,56-,57+,58-,59-/m0/s1. The van der Waals surface area contributed by atoms with Gasteiger partial charge in [-0.3, -0.25) is 52.7 Å². The second-order valence-electron chi connectivity index (χ2n) is 24.6. The second kappa shape index (κ2) is 38.1. The number of rotatable bonds is 40. The minimum Gasteiger partial charge on any atom is -0.508 e. The number of nitrogens with one attached hydrogen (secondary N) is 8. The van der Waals surface area contributed by atoms with Crippen molar-refractivity contribution in [1.29, 1.82) is 0 Å². The number of phenols is 1. The van der Waals surface area contributed by atoms with Crippen molar-refractivity contribution >= 4 is 94.5 Å². The number of aromatic nitrogens is 1. The van der Waals surface area contributed by atoms with Gasteiger partial charge in [0.1, 0.15) is 54.1 Å². The molecule has 97 heavy (non-hydrogen) atoms. The lowest BCUT2D eigenvalue weighted by Gasteiger charge is -2.38. The molecule has 4 aromatic carbocycles. The number of carboxylic acid groups (broad SMARTS) is 1.